The first-order valence-electron chi connectivity index (χ1n) is 3.62. The molecule has 0 saturated heterocycles. The van der Waals surface area contributed by atoms with E-state index in [4.69, 9.17) is 0 Å². The molecule has 0 unspecified atom stereocenters. The van der Waals surface area contributed by atoms with Crippen LogP contribution in [0.15, 0.2) is 35.7 Å². The summed E-state index contributed by atoms with van der Waals surface area (Å²) >= 11 is 1.37. The van der Waals surface area contributed by atoms with E-state index in [0.717, 1.165) is 11.1 Å². The van der Waals surface area contributed by atoms with Crippen molar-refractivity contribution in [2.75, 3.05) is 0 Å². The summed E-state index contributed by atoms with van der Waals surface area (Å²) in [7, 11) is 2.00. The van der Waals surface area contributed by atoms with Crippen LogP contribution >= 0.6 is 11.5 Å². The van der Waals surface area contributed by atoms with E-state index in [9.17, 15) is 0 Å². The zero-order valence-corrected chi connectivity index (χ0v) is 7.16. The van der Waals surface area contributed by atoms with Crippen LogP contribution in [-0.2, 0) is 0 Å². The van der Waals surface area contributed by atoms with Gasteiger partial charge in [0.05, 0.1) is 0 Å². The smallest absolute Gasteiger partial charge is 0.154 e. The molecule has 2 rings (SSSR count). The molecule has 0 saturated carbocycles. The summed E-state index contributed by atoms with van der Waals surface area (Å²) in [6, 6.07) is 10.1. The molecule has 1 aromatic carbocycles. The first kappa shape index (κ1) is 7.49. The maximum atomic E-state index is 3.92. The Morgan fingerprint density at radius 2 is 2.00 bits per heavy atom. The van der Waals surface area contributed by atoms with Gasteiger partial charge in [-0.1, -0.05) is 40.3 Å². The van der Waals surface area contributed by atoms with Crippen molar-refractivity contribution in [1.82, 2.24) is 9.59 Å². The molecule has 0 bridgehead atoms. The topological polar surface area (TPSA) is 25.8 Å². The Hall–Kier alpha value is -1.16. The molecule has 0 fully saturated rings. The molecule has 0 amide bonds. The van der Waals surface area contributed by atoms with Crippen molar-refractivity contribution in [2.24, 2.45) is 0 Å². The Morgan fingerprint density at radius 1 is 1.17 bits per heavy atom. The zero-order valence-electron chi connectivity index (χ0n) is 6.34. The van der Waals surface area contributed by atoms with Crippen molar-refractivity contribution in [2.45, 2.75) is 0 Å². The Morgan fingerprint density at radius 3 is 2.67 bits per heavy atom. The highest BCUT2D eigenvalue weighted by Gasteiger charge is 1.99. The summed E-state index contributed by atoms with van der Waals surface area (Å²) in [5.41, 5.74) is 2.08. The minimum atomic E-state index is 0.922. The Labute approximate surface area is 75.7 Å². The summed E-state index contributed by atoms with van der Waals surface area (Å²) < 4.78 is 3.78. The lowest BCUT2D eigenvalue weighted by Crippen LogP contribution is -2.27. The van der Waals surface area contributed by atoms with Gasteiger partial charge >= 0.3 is 0 Å². The van der Waals surface area contributed by atoms with Crippen molar-refractivity contribution in [3.8, 4) is 0 Å². The molecule has 0 N–H and O–H groups in total. The standard InChI is InChI=1S/C8H6BN2S/c1-2-4-7(5-3-1)9-8-6-12-11-10-8/h1-6H. The van der Waals surface area contributed by atoms with Crippen molar-refractivity contribution in [1.29, 1.82) is 0 Å². The second-order valence-corrected chi connectivity index (χ2v) is 2.99. The quantitative estimate of drug-likeness (QED) is 0.606. The second-order valence-electron chi connectivity index (χ2n) is 2.38. The summed E-state index contributed by atoms with van der Waals surface area (Å²) in [4.78, 5) is 0. The van der Waals surface area contributed by atoms with Gasteiger partial charge in [-0.05, 0) is 11.5 Å². The van der Waals surface area contributed by atoms with Gasteiger partial charge in [-0.2, -0.15) is 5.10 Å². The van der Waals surface area contributed by atoms with Crippen molar-refractivity contribution < 1.29 is 0 Å². The molecule has 2 nitrogen and oxygen atoms in total. The lowest BCUT2D eigenvalue weighted by Gasteiger charge is -1.92. The first-order valence-corrected chi connectivity index (χ1v) is 4.46. The Kier molecular flexibility index (Phi) is 2.18. The van der Waals surface area contributed by atoms with E-state index in [0.29, 0.717) is 0 Å². The zero-order chi connectivity index (χ0) is 8.23. The van der Waals surface area contributed by atoms with E-state index in [-0.39, 0.29) is 0 Å². The van der Waals surface area contributed by atoms with Gasteiger partial charge in [0.1, 0.15) is 0 Å². The minimum absolute atomic E-state index is 0.922. The number of aromatic nitrogens is 2. The first-order chi connectivity index (χ1) is 5.95. The van der Waals surface area contributed by atoms with Crippen molar-refractivity contribution in [3.05, 3.63) is 35.7 Å². The average Bonchev–Trinajstić information content (AvgIpc) is 2.59. The van der Waals surface area contributed by atoms with E-state index < -0.39 is 0 Å². The summed E-state index contributed by atoms with van der Waals surface area (Å²) in [5.74, 6) is 0. The predicted octanol–water partition coefficient (Wildman–Crippen LogP) is 0.193. The predicted molar refractivity (Wildman–Crippen MR) is 51.4 cm³/mol. The molecule has 0 aliphatic heterocycles. The van der Waals surface area contributed by atoms with E-state index in [2.05, 4.69) is 9.59 Å². The third kappa shape index (κ3) is 1.71. The summed E-state index contributed by atoms with van der Waals surface area (Å²) in [6.45, 7) is 0. The minimum Gasteiger partial charge on any atom is -0.154 e. The Bertz CT molecular complexity index is 333. The lowest BCUT2D eigenvalue weighted by atomic mass is 9.68. The maximum absolute atomic E-state index is 3.92. The van der Waals surface area contributed by atoms with Crippen LogP contribution in [0.25, 0.3) is 0 Å². The maximum Gasteiger partial charge on any atom is 0.220 e. The van der Waals surface area contributed by atoms with Gasteiger partial charge in [0.15, 0.2) is 0 Å². The summed E-state index contributed by atoms with van der Waals surface area (Å²) in [6.07, 6.45) is 0. The van der Waals surface area contributed by atoms with Crippen LogP contribution in [0.5, 0.6) is 0 Å². The monoisotopic (exact) mass is 173 g/mol. The van der Waals surface area contributed by atoms with Crippen LogP contribution in [0.2, 0.25) is 0 Å². The lowest BCUT2D eigenvalue weighted by molar-refractivity contribution is 1.19. The van der Waals surface area contributed by atoms with Gasteiger partial charge < -0.3 is 0 Å². The van der Waals surface area contributed by atoms with E-state index in [1.807, 2.05) is 43.0 Å². The molecule has 0 atom stereocenters. The van der Waals surface area contributed by atoms with Crippen LogP contribution in [-0.4, -0.2) is 16.9 Å². The van der Waals surface area contributed by atoms with Crippen molar-refractivity contribution in [3.63, 3.8) is 0 Å². The molecule has 1 aromatic heterocycles. The highest BCUT2D eigenvalue weighted by atomic mass is 32.1. The molecule has 2 aromatic rings. The molecule has 57 valence electrons. The highest BCUT2D eigenvalue weighted by Crippen LogP contribution is 1.83. The van der Waals surface area contributed by atoms with Crippen LogP contribution in [0.4, 0.5) is 0 Å². The van der Waals surface area contributed by atoms with Gasteiger partial charge in [-0.15, -0.1) is 0 Å². The van der Waals surface area contributed by atoms with Gasteiger partial charge in [0, 0.05) is 11.0 Å². The molecule has 0 spiro atoms. The molecular weight excluding hydrogens is 167 g/mol. The van der Waals surface area contributed by atoms with Crippen LogP contribution in [0.3, 0.4) is 0 Å². The summed E-state index contributed by atoms with van der Waals surface area (Å²) in [5, 5.41) is 5.85. The number of hydrogen-bond donors (Lipinski definition) is 0. The molecule has 0 aliphatic carbocycles. The van der Waals surface area contributed by atoms with Gasteiger partial charge in [-0.25, -0.2) is 0 Å². The Balaban J connectivity index is 2.15. The number of rotatable bonds is 2. The van der Waals surface area contributed by atoms with Crippen LogP contribution in [0, 0.1) is 0 Å². The fraction of sp³-hybridized carbons (Fsp3) is 0. The highest BCUT2D eigenvalue weighted by molar-refractivity contribution is 7.04. The fourth-order valence-corrected chi connectivity index (χ4v) is 1.37. The number of hydrogen-bond acceptors (Lipinski definition) is 3. The van der Waals surface area contributed by atoms with E-state index >= 15 is 0 Å². The van der Waals surface area contributed by atoms with E-state index in [1.54, 1.807) is 0 Å². The number of benzene rings is 1. The van der Waals surface area contributed by atoms with Gasteiger partial charge in [0.25, 0.3) is 0 Å². The third-order valence-electron chi connectivity index (χ3n) is 1.49. The van der Waals surface area contributed by atoms with Crippen LogP contribution in [0.1, 0.15) is 0 Å². The SMILES string of the molecule is [B](c1ccccc1)c1csnn1. The normalized spacial score (nSPS) is 9.67. The second kappa shape index (κ2) is 3.49. The molecule has 0 aliphatic rings. The molecule has 1 heterocycles. The van der Waals surface area contributed by atoms with Gasteiger partial charge in [-0.3, -0.25) is 0 Å². The molecule has 12 heavy (non-hydrogen) atoms. The van der Waals surface area contributed by atoms with Crippen molar-refractivity contribution >= 4 is 29.9 Å². The van der Waals surface area contributed by atoms with E-state index in [1.165, 1.54) is 11.5 Å². The average molecular weight is 173 g/mol. The number of nitrogens with zero attached hydrogens (tertiary/aromatic N) is 2. The third-order valence-corrected chi connectivity index (χ3v) is 2.01. The van der Waals surface area contributed by atoms with Crippen LogP contribution < -0.4 is 11.1 Å². The molecular formula is C8H6BN2S. The van der Waals surface area contributed by atoms with Gasteiger partial charge in [0.2, 0.25) is 7.28 Å². The molecule has 1 radical (unpaired) electrons. The largest absolute Gasteiger partial charge is 0.220 e. The molecule has 4 heteroatoms. The fourth-order valence-electron chi connectivity index (χ4n) is 0.955.